The van der Waals surface area contributed by atoms with Crippen LogP contribution in [0.2, 0.25) is 0 Å². The summed E-state index contributed by atoms with van der Waals surface area (Å²) in [4.78, 5) is 4.97. The molecule has 1 saturated carbocycles. The molecule has 1 aromatic heterocycles. The number of unbranched alkanes of at least 4 members (excludes halogenated alkanes) is 1. The SMILES string of the molecule is CCCCOC(c1cccc(-c2ccccc2)n1)C1CCCCC1. The van der Waals surface area contributed by atoms with Crippen molar-refractivity contribution in [1.82, 2.24) is 4.98 Å². The molecule has 24 heavy (non-hydrogen) atoms. The van der Waals surface area contributed by atoms with Gasteiger partial charge >= 0.3 is 0 Å². The molecule has 2 heteroatoms. The fourth-order valence-corrected chi connectivity index (χ4v) is 3.63. The van der Waals surface area contributed by atoms with Gasteiger partial charge in [-0.25, -0.2) is 0 Å². The summed E-state index contributed by atoms with van der Waals surface area (Å²) < 4.78 is 6.34. The second-order valence-corrected chi connectivity index (χ2v) is 6.86. The topological polar surface area (TPSA) is 22.1 Å². The lowest BCUT2D eigenvalue weighted by Crippen LogP contribution is -2.20. The number of benzene rings is 1. The van der Waals surface area contributed by atoms with Gasteiger partial charge in [0.1, 0.15) is 6.10 Å². The van der Waals surface area contributed by atoms with Gasteiger partial charge in [0, 0.05) is 12.2 Å². The standard InChI is InChI=1S/C22H29NO/c1-2-3-17-24-22(19-13-8-5-9-14-19)21-16-10-15-20(23-21)18-11-6-4-7-12-18/h4,6-7,10-12,15-16,19,22H,2-3,5,8-9,13-14,17H2,1H3. The predicted molar refractivity (Wildman–Crippen MR) is 99.8 cm³/mol. The highest BCUT2D eigenvalue weighted by Gasteiger charge is 2.27. The quantitative estimate of drug-likeness (QED) is 0.567. The Morgan fingerprint density at radius 2 is 1.79 bits per heavy atom. The van der Waals surface area contributed by atoms with E-state index >= 15 is 0 Å². The van der Waals surface area contributed by atoms with Crippen LogP contribution in [0.5, 0.6) is 0 Å². The van der Waals surface area contributed by atoms with E-state index in [1.54, 1.807) is 0 Å². The van der Waals surface area contributed by atoms with Gasteiger partial charge in [-0.3, -0.25) is 4.98 Å². The van der Waals surface area contributed by atoms with E-state index < -0.39 is 0 Å². The Balaban J connectivity index is 1.83. The van der Waals surface area contributed by atoms with Crippen LogP contribution in [0, 0.1) is 5.92 Å². The number of ether oxygens (including phenoxy) is 1. The minimum Gasteiger partial charge on any atom is -0.372 e. The number of rotatable bonds is 7. The Hall–Kier alpha value is -1.67. The number of hydrogen-bond acceptors (Lipinski definition) is 2. The van der Waals surface area contributed by atoms with Gasteiger partial charge in [-0.1, -0.05) is 69.0 Å². The van der Waals surface area contributed by atoms with Gasteiger partial charge in [-0.05, 0) is 37.3 Å². The molecule has 0 spiro atoms. The van der Waals surface area contributed by atoms with E-state index in [0.29, 0.717) is 5.92 Å². The Bertz CT molecular complexity index is 604. The molecule has 1 atom stereocenters. The van der Waals surface area contributed by atoms with Gasteiger partial charge in [0.05, 0.1) is 11.4 Å². The molecule has 1 fully saturated rings. The summed E-state index contributed by atoms with van der Waals surface area (Å²) >= 11 is 0. The van der Waals surface area contributed by atoms with Crippen molar-refractivity contribution in [2.75, 3.05) is 6.61 Å². The lowest BCUT2D eigenvalue weighted by molar-refractivity contribution is -0.00536. The lowest BCUT2D eigenvalue weighted by Gasteiger charge is -2.30. The van der Waals surface area contributed by atoms with Crippen molar-refractivity contribution < 1.29 is 4.74 Å². The molecular weight excluding hydrogens is 294 g/mol. The molecular formula is C22H29NO. The summed E-state index contributed by atoms with van der Waals surface area (Å²) in [5.41, 5.74) is 3.34. The molecule has 1 aliphatic rings. The van der Waals surface area contributed by atoms with Crippen LogP contribution in [0.1, 0.15) is 63.7 Å². The molecule has 0 aliphatic heterocycles. The molecule has 3 rings (SSSR count). The molecule has 1 heterocycles. The van der Waals surface area contributed by atoms with E-state index in [9.17, 15) is 0 Å². The van der Waals surface area contributed by atoms with Crippen molar-refractivity contribution in [3.05, 3.63) is 54.2 Å². The molecule has 0 N–H and O–H groups in total. The van der Waals surface area contributed by atoms with Crippen LogP contribution in [0.3, 0.4) is 0 Å². The van der Waals surface area contributed by atoms with Gasteiger partial charge in [0.15, 0.2) is 0 Å². The lowest BCUT2D eigenvalue weighted by atomic mass is 9.84. The Labute approximate surface area is 146 Å². The van der Waals surface area contributed by atoms with Crippen LogP contribution < -0.4 is 0 Å². The molecule has 2 nitrogen and oxygen atoms in total. The van der Waals surface area contributed by atoms with Crippen molar-refractivity contribution in [3.63, 3.8) is 0 Å². The third kappa shape index (κ3) is 4.45. The van der Waals surface area contributed by atoms with Crippen molar-refractivity contribution in [3.8, 4) is 11.3 Å². The zero-order valence-electron chi connectivity index (χ0n) is 14.8. The Kier molecular flexibility index (Phi) is 6.42. The summed E-state index contributed by atoms with van der Waals surface area (Å²) in [6.07, 6.45) is 9.03. The van der Waals surface area contributed by atoms with Crippen molar-refractivity contribution >= 4 is 0 Å². The summed E-state index contributed by atoms with van der Waals surface area (Å²) in [5.74, 6) is 0.620. The van der Waals surface area contributed by atoms with Crippen LogP contribution in [0.15, 0.2) is 48.5 Å². The normalized spacial score (nSPS) is 16.9. The first-order valence-electron chi connectivity index (χ1n) is 9.52. The van der Waals surface area contributed by atoms with E-state index in [0.717, 1.165) is 24.4 Å². The number of nitrogens with zero attached hydrogens (tertiary/aromatic N) is 1. The summed E-state index contributed by atoms with van der Waals surface area (Å²) in [7, 11) is 0. The zero-order chi connectivity index (χ0) is 16.6. The van der Waals surface area contributed by atoms with E-state index in [-0.39, 0.29) is 6.10 Å². The number of hydrogen-bond donors (Lipinski definition) is 0. The fraction of sp³-hybridized carbons (Fsp3) is 0.500. The molecule has 0 saturated heterocycles. The monoisotopic (exact) mass is 323 g/mol. The van der Waals surface area contributed by atoms with E-state index in [2.05, 4.69) is 49.4 Å². The molecule has 1 aromatic carbocycles. The van der Waals surface area contributed by atoms with Crippen LogP contribution in [0.4, 0.5) is 0 Å². The summed E-state index contributed by atoms with van der Waals surface area (Å²) in [6, 6.07) is 16.8. The highest BCUT2D eigenvalue weighted by atomic mass is 16.5. The van der Waals surface area contributed by atoms with E-state index in [1.807, 2.05) is 6.07 Å². The minimum absolute atomic E-state index is 0.153. The number of aromatic nitrogens is 1. The third-order valence-corrected chi connectivity index (χ3v) is 5.00. The van der Waals surface area contributed by atoms with Gasteiger partial charge < -0.3 is 4.74 Å². The maximum atomic E-state index is 6.34. The van der Waals surface area contributed by atoms with E-state index in [1.165, 1.54) is 44.1 Å². The maximum Gasteiger partial charge on any atom is 0.102 e. The maximum absolute atomic E-state index is 6.34. The minimum atomic E-state index is 0.153. The van der Waals surface area contributed by atoms with Gasteiger partial charge in [-0.2, -0.15) is 0 Å². The average molecular weight is 323 g/mol. The van der Waals surface area contributed by atoms with Crippen molar-refractivity contribution in [2.24, 2.45) is 5.92 Å². The van der Waals surface area contributed by atoms with Crippen molar-refractivity contribution in [1.29, 1.82) is 0 Å². The van der Waals surface area contributed by atoms with Gasteiger partial charge in [0.25, 0.3) is 0 Å². The van der Waals surface area contributed by atoms with Crippen LogP contribution in [0.25, 0.3) is 11.3 Å². The molecule has 1 unspecified atom stereocenters. The molecule has 0 radical (unpaired) electrons. The second-order valence-electron chi connectivity index (χ2n) is 6.86. The van der Waals surface area contributed by atoms with Gasteiger partial charge in [-0.15, -0.1) is 0 Å². The first-order valence-corrected chi connectivity index (χ1v) is 9.52. The Morgan fingerprint density at radius 3 is 2.54 bits per heavy atom. The van der Waals surface area contributed by atoms with Crippen LogP contribution >= 0.6 is 0 Å². The van der Waals surface area contributed by atoms with E-state index in [4.69, 9.17) is 9.72 Å². The predicted octanol–water partition coefficient (Wildman–Crippen LogP) is 6.19. The third-order valence-electron chi connectivity index (χ3n) is 5.00. The zero-order valence-corrected chi connectivity index (χ0v) is 14.8. The molecule has 0 bridgehead atoms. The van der Waals surface area contributed by atoms with Gasteiger partial charge in [0.2, 0.25) is 0 Å². The first-order chi connectivity index (χ1) is 11.9. The summed E-state index contributed by atoms with van der Waals surface area (Å²) in [6.45, 7) is 3.06. The molecule has 2 aromatic rings. The average Bonchev–Trinajstić information content (AvgIpc) is 2.67. The smallest absolute Gasteiger partial charge is 0.102 e. The van der Waals surface area contributed by atoms with Crippen LogP contribution in [-0.4, -0.2) is 11.6 Å². The highest BCUT2D eigenvalue weighted by molar-refractivity contribution is 5.58. The number of pyridine rings is 1. The largest absolute Gasteiger partial charge is 0.372 e. The molecule has 1 aliphatic carbocycles. The summed E-state index contributed by atoms with van der Waals surface area (Å²) in [5, 5.41) is 0. The molecule has 128 valence electrons. The second kappa shape index (κ2) is 8.98. The fourth-order valence-electron chi connectivity index (χ4n) is 3.63. The Morgan fingerprint density at radius 1 is 1.00 bits per heavy atom. The van der Waals surface area contributed by atoms with Crippen molar-refractivity contribution in [2.45, 2.75) is 58.0 Å². The highest BCUT2D eigenvalue weighted by Crippen LogP contribution is 2.37. The first kappa shape index (κ1) is 17.2. The molecule has 0 amide bonds. The van der Waals surface area contributed by atoms with Crippen LogP contribution in [-0.2, 0) is 4.74 Å².